The zero-order valence-electron chi connectivity index (χ0n) is 8.70. The highest BCUT2D eigenvalue weighted by molar-refractivity contribution is 5.66. The number of rotatable bonds is 1. The Balaban J connectivity index is 2.05. The summed E-state index contributed by atoms with van der Waals surface area (Å²) in [5, 5.41) is 8.81. The van der Waals surface area contributed by atoms with Crippen molar-refractivity contribution in [3.63, 3.8) is 0 Å². The van der Waals surface area contributed by atoms with Crippen LogP contribution in [0.25, 0.3) is 0 Å². The van der Waals surface area contributed by atoms with Gasteiger partial charge in [-0.15, -0.1) is 0 Å². The van der Waals surface area contributed by atoms with Crippen molar-refractivity contribution in [2.75, 3.05) is 36.8 Å². The van der Waals surface area contributed by atoms with Gasteiger partial charge in [-0.2, -0.15) is 0 Å². The van der Waals surface area contributed by atoms with E-state index in [1.165, 1.54) is 11.2 Å². The number of aromatic nitrogens is 2. The van der Waals surface area contributed by atoms with Crippen LogP contribution in [0.2, 0.25) is 0 Å². The molecule has 0 spiro atoms. The van der Waals surface area contributed by atoms with Crippen molar-refractivity contribution in [1.29, 1.82) is 0 Å². The molecule has 1 aromatic rings. The van der Waals surface area contributed by atoms with Crippen molar-refractivity contribution in [1.82, 2.24) is 14.9 Å². The average molecular weight is 223 g/mol. The number of hydrogen-bond acceptors (Lipinski definition) is 5. The van der Waals surface area contributed by atoms with Crippen LogP contribution in [0.1, 0.15) is 0 Å². The van der Waals surface area contributed by atoms with Crippen molar-refractivity contribution < 1.29 is 9.90 Å². The molecule has 0 aliphatic carbocycles. The van der Waals surface area contributed by atoms with Gasteiger partial charge < -0.3 is 20.6 Å². The van der Waals surface area contributed by atoms with Crippen LogP contribution in [0.15, 0.2) is 12.5 Å². The number of nitrogen functional groups attached to an aromatic ring is 1. The number of amides is 1. The molecule has 86 valence electrons. The van der Waals surface area contributed by atoms with E-state index in [1.807, 2.05) is 4.90 Å². The fourth-order valence-corrected chi connectivity index (χ4v) is 1.71. The molecule has 0 saturated carbocycles. The minimum absolute atomic E-state index is 0.471. The highest BCUT2D eigenvalue weighted by Gasteiger charge is 2.22. The first-order chi connectivity index (χ1) is 7.68. The zero-order chi connectivity index (χ0) is 11.5. The van der Waals surface area contributed by atoms with Gasteiger partial charge >= 0.3 is 6.09 Å². The molecule has 0 bridgehead atoms. The second kappa shape index (κ2) is 4.21. The number of nitrogens with two attached hydrogens (primary N) is 1. The molecule has 7 heteroatoms. The molecule has 0 unspecified atom stereocenters. The Morgan fingerprint density at radius 3 is 2.62 bits per heavy atom. The van der Waals surface area contributed by atoms with Crippen molar-refractivity contribution in [3.05, 3.63) is 12.5 Å². The summed E-state index contributed by atoms with van der Waals surface area (Å²) in [6, 6.07) is 0. The van der Waals surface area contributed by atoms with E-state index in [0.29, 0.717) is 37.7 Å². The van der Waals surface area contributed by atoms with Gasteiger partial charge in [0.05, 0.1) is 11.9 Å². The second-order valence-electron chi connectivity index (χ2n) is 3.56. The number of carboxylic acid groups (broad SMARTS) is 1. The van der Waals surface area contributed by atoms with E-state index >= 15 is 0 Å². The smallest absolute Gasteiger partial charge is 0.407 e. The van der Waals surface area contributed by atoms with Crippen LogP contribution in [0.3, 0.4) is 0 Å². The number of carbonyl (C=O) groups is 1. The molecule has 0 radical (unpaired) electrons. The summed E-state index contributed by atoms with van der Waals surface area (Å²) in [7, 11) is 0. The molecule has 1 aliphatic rings. The summed E-state index contributed by atoms with van der Waals surface area (Å²) < 4.78 is 0. The maximum absolute atomic E-state index is 10.7. The summed E-state index contributed by atoms with van der Waals surface area (Å²) in [6.07, 6.45) is 2.11. The average Bonchev–Trinajstić information content (AvgIpc) is 2.30. The van der Waals surface area contributed by atoms with Gasteiger partial charge in [-0.1, -0.05) is 0 Å². The van der Waals surface area contributed by atoms with E-state index in [9.17, 15) is 4.79 Å². The van der Waals surface area contributed by atoms with Crippen LogP contribution in [-0.2, 0) is 0 Å². The van der Waals surface area contributed by atoms with Crippen LogP contribution in [0, 0.1) is 0 Å². The highest BCUT2D eigenvalue weighted by Crippen LogP contribution is 2.19. The first-order valence-corrected chi connectivity index (χ1v) is 4.97. The van der Waals surface area contributed by atoms with Crippen LogP contribution < -0.4 is 10.6 Å². The Bertz CT molecular complexity index is 389. The summed E-state index contributed by atoms with van der Waals surface area (Å²) >= 11 is 0. The molecule has 1 saturated heterocycles. The molecule has 7 nitrogen and oxygen atoms in total. The van der Waals surface area contributed by atoms with Gasteiger partial charge in [0, 0.05) is 26.2 Å². The number of piperazine rings is 1. The molecule has 0 aromatic carbocycles. The Hall–Kier alpha value is -2.05. The minimum Gasteiger partial charge on any atom is -0.465 e. The van der Waals surface area contributed by atoms with E-state index in [4.69, 9.17) is 10.8 Å². The van der Waals surface area contributed by atoms with Crippen molar-refractivity contribution in [2.24, 2.45) is 0 Å². The normalized spacial score (nSPS) is 16.2. The van der Waals surface area contributed by atoms with E-state index in [2.05, 4.69) is 9.97 Å². The lowest BCUT2D eigenvalue weighted by Crippen LogP contribution is -2.48. The maximum atomic E-state index is 10.7. The second-order valence-corrected chi connectivity index (χ2v) is 3.56. The third-order valence-electron chi connectivity index (χ3n) is 2.57. The molecule has 3 N–H and O–H groups in total. The topological polar surface area (TPSA) is 95.6 Å². The van der Waals surface area contributed by atoms with Gasteiger partial charge in [0.15, 0.2) is 5.82 Å². The summed E-state index contributed by atoms with van der Waals surface area (Å²) in [6.45, 7) is 2.15. The van der Waals surface area contributed by atoms with E-state index in [1.54, 1.807) is 6.20 Å². The van der Waals surface area contributed by atoms with Gasteiger partial charge in [0.1, 0.15) is 6.33 Å². The predicted molar refractivity (Wildman–Crippen MR) is 58.3 cm³/mol. The molecule has 1 aliphatic heterocycles. The summed E-state index contributed by atoms with van der Waals surface area (Å²) in [5.74, 6) is 0.681. The van der Waals surface area contributed by atoms with Gasteiger partial charge in [-0.05, 0) is 0 Å². The molecule has 1 aromatic heterocycles. The molecule has 16 heavy (non-hydrogen) atoms. The maximum Gasteiger partial charge on any atom is 0.407 e. The van der Waals surface area contributed by atoms with Crippen molar-refractivity contribution in [3.8, 4) is 0 Å². The molecule has 2 heterocycles. The van der Waals surface area contributed by atoms with E-state index < -0.39 is 6.09 Å². The van der Waals surface area contributed by atoms with Crippen molar-refractivity contribution >= 4 is 17.6 Å². The number of nitrogens with zero attached hydrogens (tertiary/aromatic N) is 4. The van der Waals surface area contributed by atoms with Crippen LogP contribution in [0.4, 0.5) is 16.3 Å². The van der Waals surface area contributed by atoms with Gasteiger partial charge in [-0.3, -0.25) is 0 Å². The van der Waals surface area contributed by atoms with E-state index in [-0.39, 0.29) is 0 Å². The molecule has 1 fully saturated rings. The number of hydrogen-bond donors (Lipinski definition) is 2. The predicted octanol–water partition coefficient (Wildman–Crippen LogP) is -0.141. The SMILES string of the molecule is Nc1cncnc1N1CCN(C(=O)O)CC1. The van der Waals surface area contributed by atoms with Gasteiger partial charge in [-0.25, -0.2) is 14.8 Å². The Labute approximate surface area is 92.5 Å². The van der Waals surface area contributed by atoms with Crippen LogP contribution in [0.5, 0.6) is 0 Å². The fourth-order valence-electron chi connectivity index (χ4n) is 1.71. The lowest BCUT2D eigenvalue weighted by molar-refractivity contribution is 0.142. The third kappa shape index (κ3) is 1.97. The first-order valence-electron chi connectivity index (χ1n) is 4.97. The lowest BCUT2D eigenvalue weighted by Gasteiger charge is -2.34. The van der Waals surface area contributed by atoms with Crippen molar-refractivity contribution in [2.45, 2.75) is 0 Å². The fraction of sp³-hybridized carbons (Fsp3) is 0.444. The first kappa shape index (κ1) is 10.5. The third-order valence-corrected chi connectivity index (χ3v) is 2.57. The quantitative estimate of drug-likeness (QED) is 0.688. The van der Waals surface area contributed by atoms with Crippen LogP contribution in [-0.4, -0.2) is 52.2 Å². The van der Waals surface area contributed by atoms with E-state index in [0.717, 1.165) is 0 Å². The highest BCUT2D eigenvalue weighted by atomic mass is 16.4. The Morgan fingerprint density at radius 2 is 2.06 bits per heavy atom. The van der Waals surface area contributed by atoms with Gasteiger partial charge in [0.2, 0.25) is 0 Å². The molecular weight excluding hydrogens is 210 g/mol. The molecule has 2 rings (SSSR count). The molecular formula is C9H13N5O2. The molecule has 0 atom stereocenters. The Kier molecular flexibility index (Phi) is 2.76. The minimum atomic E-state index is -0.879. The lowest BCUT2D eigenvalue weighted by atomic mass is 10.3. The largest absolute Gasteiger partial charge is 0.465 e. The van der Waals surface area contributed by atoms with Crippen LogP contribution >= 0.6 is 0 Å². The zero-order valence-corrected chi connectivity index (χ0v) is 8.70. The van der Waals surface area contributed by atoms with Gasteiger partial charge in [0.25, 0.3) is 0 Å². The summed E-state index contributed by atoms with van der Waals surface area (Å²) in [4.78, 5) is 22.0. The monoisotopic (exact) mass is 223 g/mol. The molecule has 1 amide bonds. The number of anilines is 2. The Morgan fingerprint density at radius 1 is 1.38 bits per heavy atom. The standard InChI is InChI=1S/C9H13N5O2/c10-7-5-11-6-12-8(7)13-1-3-14(4-2-13)9(15)16/h5-6H,1-4,10H2,(H,15,16). The summed E-state index contributed by atoms with van der Waals surface area (Å²) in [5.41, 5.74) is 6.27.